The molecule has 0 spiro atoms. The summed E-state index contributed by atoms with van der Waals surface area (Å²) in [5.41, 5.74) is 2.55. The Morgan fingerprint density at radius 1 is 1.09 bits per heavy atom. The number of likely N-dealkylation sites (tertiary alicyclic amines) is 1. The lowest BCUT2D eigenvalue weighted by Crippen LogP contribution is -2.33. The number of aromatic nitrogens is 1. The minimum atomic E-state index is -0.112. The molecule has 1 aliphatic rings. The van der Waals surface area contributed by atoms with Crippen molar-refractivity contribution in [3.05, 3.63) is 77.3 Å². The summed E-state index contributed by atoms with van der Waals surface area (Å²) < 4.78 is 5.28. The fourth-order valence-corrected chi connectivity index (χ4v) is 5.11. The van der Waals surface area contributed by atoms with E-state index in [4.69, 9.17) is 4.74 Å². The standard InChI is InChI=1S/C27H29N3O3S/c1-20(31)30(23-9-5-3-6-10-23)27-28-22(19-34-27)14-17-26(32)29-18-8-4-7-11-25(29)21-12-15-24(33-2)16-13-21/h3,5-6,9-10,12-17,19,25H,4,7-8,11,18H2,1-2H3/b17-14+. The van der Waals surface area contributed by atoms with Gasteiger partial charge in [0.1, 0.15) is 5.75 Å². The Hall–Kier alpha value is -3.45. The highest BCUT2D eigenvalue weighted by molar-refractivity contribution is 7.14. The van der Waals surface area contributed by atoms with Crippen LogP contribution in [0.15, 0.2) is 66.1 Å². The molecule has 1 atom stereocenters. The summed E-state index contributed by atoms with van der Waals surface area (Å²) in [4.78, 5) is 33.6. The predicted molar refractivity (Wildman–Crippen MR) is 136 cm³/mol. The topological polar surface area (TPSA) is 62.7 Å². The number of carbonyl (C=O) groups is 2. The lowest BCUT2D eigenvalue weighted by atomic mass is 10.0. The van der Waals surface area contributed by atoms with Crippen molar-refractivity contribution in [3.8, 4) is 5.75 Å². The molecule has 34 heavy (non-hydrogen) atoms. The van der Waals surface area contributed by atoms with Gasteiger partial charge >= 0.3 is 0 Å². The molecule has 3 aromatic rings. The molecule has 2 heterocycles. The number of hydrogen-bond acceptors (Lipinski definition) is 5. The Morgan fingerprint density at radius 3 is 2.56 bits per heavy atom. The van der Waals surface area contributed by atoms with Crippen LogP contribution >= 0.6 is 11.3 Å². The number of hydrogen-bond donors (Lipinski definition) is 0. The van der Waals surface area contributed by atoms with Crippen molar-refractivity contribution in [3.63, 3.8) is 0 Å². The van der Waals surface area contributed by atoms with Crippen LogP contribution < -0.4 is 9.64 Å². The summed E-state index contributed by atoms with van der Waals surface area (Å²) in [6.45, 7) is 2.25. The Bertz CT molecular complexity index is 1140. The quantitative estimate of drug-likeness (QED) is 0.411. The summed E-state index contributed by atoms with van der Waals surface area (Å²) >= 11 is 1.38. The van der Waals surface area contributed by atoms with E-state index in [0.717, 1.165) is 49.2 Å². The number of thiazole rings is 1. The van der Waals surface area contributed by atoms with Crippen LogP contribution in [0.4, 0.5) is 10.8 Å². The van der Waals surface area contributed by atoms with E-state index in [-0.39, 0.29) is 17.9 Å². The second-order valence-electron chi connectivity index (χ2n) is 8.25. The molecule has 0 saturated carbocycles. The zero-order chi connectivity index (χ0) is 23.9. The summed E-state index contributed by atoms with van der Waals surface area (Å²) in [6.07, 6.45) is 7.49. The van der Waals surface area contributed by atoms with Gasteiger partial charge in [0.25, 0.3) is 0 Å². The third kappa shape index (κ3) is 5.54. The van der Waals surface area contributed by atoms with E-state index in [9.17, 15) is 9.59 Å². The number of benzene rings is 2. The highest BCUT2D eigenvalue weighted by atomic mass is 32.1. The molecule has 7 heteroatoms. The van der Waals surface area contributed by atoms with Gasteiger partial charge in [0.05, 0.1) is 24.5 Å². The van der Waals surface area contributed by atoms with Gasteiger partial charge in [-0.1, -0.05) is 43.2 Å². The van der Waals surface area contributed by atoms with Gasteiger partial charge in [0, 0.05) is 24.9 Å². The molecule has 6 nitrogen and oxygen atoms in total. The number of rotatable bonds is 6. The normalized spacial score (nSPS) is 16.3. The average molecular weight is 476 g/mol. The molecule has 0 N–H and O–H groups in total. The number of methoxy groups -OCH3 is 1. The van der Waals surface area contributed by atoms with E-state index in [2.05, 4.69) is 4.98 Å². The Labute approximate surface area is 204 Å². The van der Waals surface area contributed by atoms with E-state index < -0.39 is 0 Å². The van der Waals surface area contributed by atoms with E-state index in [1.165, 1.54) is 18.3 Å². The minimum Gasteiger partial charge on any atom is -0.497 e. The molecular weight excluding hydrogens is 446 g/mol. The van der Waals surface area contributed by atoms with Crippen molar-refractivity contribution in [2.45, 2.75) is 38.6 Å². The molecule has 2 aromatic carbocycles. The lowest BCUT2D eigenvalue weighted by molar-refractivity contribution is -0.128. The van der Waals surface area contributed by atoms with Crippen LogP contribution in [0, 0.1) is 0 Å². The number of amides is 2. The van der Waals surface area contributed by atoms with Crippen LogP contribution in [0.1, 0.15) is 49.9 Å². The Balaban J connectivity index is 1.51. The highest BCUT2D eigenvalue weighted by Gasteiger charge is 2.25. The summed E-state index contributed by atoms with van der Waals surface area (Å²) in [7, 11) is 1.65. The smallest absolute Gasteiger partial charge is 0.247 e. The minimum absolute atomic E-state index is 0.0243. The van der Waals surface area contributed by atoms with E-state index in [1.807, 2.05) is 64.9 Å². The van der Waals surface area contributed by atoms with Crippen molar-refractivity contribution in [2.75, 3.05) is 18.6 Å². The first-order valence-electron chi connectivity index (χ1n) is 11.5. The summed E-state index contributed by atoms with van der Waals surface area (Å²) in [6, 6.07) is 17.5. The van der Waals surface area contributed by atoms with E-state index in [0.29, 0.717) is 10.8 Å². The van der Waals surface area contributed by atoms with Gasteiger partial charge in [-0.2, -0.15) is 0 Å². The molecule has 1 unspecified atom stereocenters. The van der Waals surface area contributed by atoms with Gasteiger partial charge in [0.2, 0.25) is 11.8 Å². The largest absolute Gasteiger partial charge is 0.497 e. The monoisotopic (exact) mass is 475 g/mol. The van der Waals surface area contributed by atoms with E-state index >= 15 is 0 Å². The molecule has 1 fully saturated rings. The first kappa shape index (κ1) is 23.7. The molecule has 1 aromatic heterocycles. The second kappa shape index (κ2) is 11.1. The van der Waals surface area contributed by atoms with Crippen LogP contribution in [-0.4, -0.2) is 35.4 Å². The van der Waals surface area contributed by atoms with Gasteiger partial charge in [-0.25, -0.2) is 4.98 Å². The van der Waals surface area contributed by atoms with Crippen LogP contribution in [0.5, 0.6) is 5.75 Å². The third-order valence-corrected chi connectivity index (χ3v) is 6.81. The summed E-state index contributed by atoms with van der Waals surface area (Å²) in [5.74, 6) is 0.674. The van der Waals surface area contributed by atoms with Gasteiger partial charge in [-0.05, 0) is 48.7 Å². The molecule has 0 radical (unpaired) electrons. The molecule has 0 aliphatic carbocycles. The molecule has 2 amide bonds. The second-order valence-corrected chi connectivity index (χ2v) is 9.08. The number of nitrogens with zero attached hydrogens (tertiary/aromatic N) is 3. The van der Waals surface area contributed by atoms with Crippen molar-refractivity contribution in [1.82, 2.24) is 9.88 Å². The Morgan fingerprint density at radius 2 is 1.85 bits per heavy atom. The van der Waals surface area contributed by atoms with Gasteiger partial charge in [-0.3, -0.25) is 14.5 Å². The average Bonchev–Trinajstić information content (AvgIpc) is 3.17. The predicted octanol–water partition coefficient (Wildman–Crippen LogP) is 5.99. The van der Waals surface area contributed by atoms with Crippen molar-refractivity contribution in [1.29, 1.82) is 0 Å². The molecular formula is C27H29N3O3S. The highest BCUT2D eigenvalue weighted by Crippen LogP contribution is 2.32. The Kier molecular flexibility index (Phi) is 7.75. The molecule has 1 aliphatic heterocycles. The molecule has 176 valence electrons. The van der Waals surface area contributed by atoms with Gasteiger partial charge in [-0.15, -0.1) is 11.3 Å². The van der Waals surface area contributed by atoms with Crippen LogP contribution in [-0.2, 0) is 9.59 Å². The van der Waals surface area contributed by atoms with Crippen molar-refractivity contribution < 1.29 is 14.3 Å². The van der Waals surface area contributed by atoms with Crippen molar-refractivity contribution in [2.24, 2.45) is 0 Å². The maximum absolute atomic E-state index is 13.2. The van der Waals surface area contributed by atoms with Crippen LogP contribution in [0.25, 0.3) is 6.08 Å². The first-order valence-corrected chi connectivity index (χ1v) is 12.4. The van der Waals surface area contributed by atoms with Gasteiger partial charge < -0.3 is 9.64 Å². The molecule has 1 saturated heterocycles. The number of carbonyl (C=O) groups excluding carboxylic acids is 2. The fourth-order valence-electron chi connectivity index (χ4n) is 4.26. The first-order chi connectivity index (χ1) is 16.6. The zero-order valence-electron chi connectivity index (χ0n) is 19.5. The number of para-hydroxylation sites is 1. The lowest BCUT2D eigenvalue weighted by Gasteiger charge is -2.29. The zero-order valence-corrected chi connectivity index (χ0v) is 20.3. The SMILES string of the molecule is COc1ccc(C2CCCCCN2C(=O)/C=C/c2csc(N(C(C)=O)c3ccccc3)n2)cc1. The molecule has 4 rings (SSSR count). The number of ether oxygens (including phenoxy) is 1. The van der Waals surface area contributed by atoms with Gasteiger partial charge in [0.15, 0.2) is 5.13 Å². The fraction of sp³-hybridized carbons (Fsp3) is 0.296. The van der Waals surface area contributed by atoms with Crippen LogP contribution in [0.2, 0.25) is 0 Å². The van der Waals surface area contributed by atoms with Crippen molar-refractivity contribution >= 4 is 40.0 Å². The van der Waals surface area contributed by atoms with Crippen LogP contribution in [0.3, 0.4) is 0 Å². The van der Waals surface area contributed by atoms with E-state index in [1.54, 1.807) is 24.2 Å². The maximum Gasteiger partial charge on any atom is 0.247 e. The third-order valence-electron chi connectivity index (χ3n) is 5.96. The maximum atomic E-state index is 13.2. The molecule has 0 bridgehead atoms. The summed E-state index contributed by atoms with van der Waals surface area (Å²) in [5, 5.41) is 2.44. The number of anilines is 2.